The molecule has 3 fully saturated rings. The van der Waals surface area contributed by atoms with Crippen molar-refractivity contribution in [1.82, 2.24) is 0 Å². The van der Waals surface area contributed by atoms with Crippen LogP contribution < -0.4 is 0 Å². The van der Waals surface area contributed by atoms with Crippen LogP contribution in [0.1, 0.15) is 26.7 Å². The number of rotatable bonds is 3. The summed E-state index contributed by atoms with van der Waals surface area (Å²) >= 11 is 5.36. The number of alkyl halides is 7. The smallest absolute Gasteiger partial charge is 0.426 e. The number of aliphatic hydroxyl groups is 1. The second kappa shape index (κ2) is 6.40. The van der Waals surface area contributed by atoms with Crippen molar-refractivity contribution in [3.8, 4) is 0 Å². The van der Waals surface area contributed by atoms with E-state index in [4.69, 9.17) is 16.3 Å². The molecule has 0 aliphatic heterocycles. The quantitative estimate of drug-likeness (QED) is 0.422. The first-order valence-electron chi connectivity index (χ1n) is 8.87. The lowest BCUT2D eigenvalue weighted by Crippen LogP contribution is -2.64. The molecule has 0 spiro atoms. The summed E-state index contributed by atoms with van der Waals surface area (Å²) in [4.78, 5) is 11.7. The molecule has 8 unspecified atom stereocenters. The topological polar surface area (TPSA) is 46.5 Å². The van der Waals surface area contributed by atoms with Crippen molar-refractivity contribution in [2.24, 2.45) is 41.4 Å². The van der Waals surface area contributed by atoms with Crippen LogP contribution in [0.15, 0.2) is 0 Å². The molecule has 8 atom stereocenters. The molecule has 3 saturated carbocycles. The van der Waals surface area contributed by atoms with Gasteiger partial charge in [0.25, 0.3) is 5.60 Å². The largest absolute Gasteiger partial charge is 0.461 e. The van der Waals surface area contributed by atoms with Gasteiger partial charge in [-0.15, -0.1) is 11.6 Å². The van der Waals surface area contributed by atoms with Gasteiger partial charge in [0.15, 0.2) is 0 Å². The van der Waals surface area contributed by atoms with Gasteiger partial charge < -0.3 is 9.84 Å². The fourth-order valence-electron chi connectivity index (χ4n) is 6.05. The highest BCUT2D eigenvalue weighted by molar-refractivity contribution is 6.26. The molecule has 156 valence electrons. The van der Waals surface area contributed by atoms with Crippen molar-refractivity contribution in [3.63, 3.8) is 0 Å². The van der Waals surface area contributed by atoms with Gasteiger partial charge in [-0.05, 0) is 42.4 Å². The van der Waals surface area contributed by atoms with E-state index in [2.05, 4.69) is 0 Å². The summed E-state index contributed by atoms with van der Waals surface area (Å²) in [5, 5.41) is 9.95. The zero-order valence-electron chi connectivity index (χ0n) is 14.6. The van der Waals surface area contributed by atoms with Gasteiger partial charge in [0.2, 0.25) is 0 Å². The lowest BCUT2D eigenvalue weighted by molar-refractivity contribution is -0.390. The molecule has 3 nitrogen and oxygen atoms in total. The van der Waals surface area contributed by atoms with Gasteiger partial charge in [-0.1, -0.05) is 13.8 Å². The first kappa shape index (κ1) is 21.0. The van der Waals surface area contributed by atoms with Crippen LogP contribution in [-0.2, 0) is 9.53 Å². The van der Waals surface area contributed by atoms with Gasteiger partial charge in [-0.2, -0.15) is 26.3 Å². The molecule has 0 heterocycles. The Balaban J connectivity index is 2.05. The number of esters is 1. The number of fused-ring (bicyclic) bond motifs is 5. The number of halogens is 7. The second-order valence-electron chi connectivity index (χ2n) is 8.22. The summed E-state index contributed by atoms with van der Waals surface area (Å²) in [7, 11) is 0. The normalized spacial score (nSPS) is 41.7. The third kappa shape index (κ3) is 2.86. The highest BCUT2D eigenvalue weighted by atomic mass is 35.5. The standard InChI is InChI=1S/C17H21ClF6O3/c1-6-7(2)9-3-8(6)10-4-11(14(13(9)10)27-12(25)5-18)15(26,16(19,20)21)17(22,23)24/h6-11,13-14,26H,3-5H2,1-2H3. The van der Waals surface area contributed by atoms with Gasteiger partial charge >= 0.3 is 18.3 Å². The lowest BCUT2D eigenvalue weighted by Gasteiger charge is -2.41. The summed E-state index contributed by atoms with van der Waals surface area (Å²) in [5.74, 6) is -5.07. The van der Waals surface area contributed by atoms with E-state index in [9.17, 15) is 36.2 Å². The number of carbonyl (C=O) groups excluding carboxylic acids is 1. The number of ether oxygens (including phenoxy) is 1. The summed E-state index contributed by atoms with van der Waals surface area (Å²) in [6, 6.07) is 0. The van der Waals surface area contributed by atoms with E-state index in [1.54, 1.807) is 0 Å². The number of hydrogen-bond donors (Lipinski definition) is 1. The minimum Gasteiger partial charge on any atom is -0.461 e. The maximum absolute atomic E-state index is 13.4. The minimum absolute atomic E-state index is 0.0390. The monoisotopic (exact) mass is 422 g/mol. The zero-order valence-corrected chi connectivity index (χ0v) is 15.4. The molecule has 0 radical (unpaired) electrons. The van der Waals surface area contributed by atoms with Crippen LogP contribution in [0.5, 0.6) is 0 Å². The van der Waals surface area contributed by atoms with Crippen LogP contribution in [-0.4, -0.2) is 41.0 Å². The van der Waals surface area contributed by atoms with E-state index in [1.807, 2.05) is 13.8 Å². The molecule has 0 saturated heterocycles. The molecule has 3 aliphatic rings. The van der Waals surface area contributed by atoms with Crippen LogP contribution in [0.3, 0.4) is 0 Å². The first-order valence-corrected chi connectivity index (χ1v) is 9.40. The SMILES string of the molecule is CC1C(C)C2CC1C1CC(C(O)(C(F)(F)F)C(F)(F)F)C(OC(=O)CCl)C21. The summed E-state index contributed by atoms with van der Waals surface area (Å²) < 4.78 is 85.7. The van der Waals surface area contributed by atoms with Crippen molar-refractivity contribution in [1.29, 1.82) is 0 Å². The van der Waals surface area contributed by atoms with Crippen molar-refractivity contribution >= 4 is 17.6 Å². The highest BCUT2D eigenvalue weighted by Gasteiger charge is 2.79. The van der Waals surface area contributed by atoms with Crippen LogP contribution in [0.25, 0.3) is 0 Å². The van der Waals surface area contributed by atoms with Crippen molar-refractivity contribution in [2.75, 3.05) is 5.88 Å². The second-order valence-corrected chi connectivity index (χ2v) is 8.48. The molecule has 3 aliphatic carbocycles. The van der Waals surface area contributed by atoms with E-state index in [0.29, 0.717) is 6.42 Å². The summed E-state index contributed by atoms with van der Waals surface area (Å²) in [5.41, 5.74) is -4.94. The Morgan fingerprint density at radius 1 is 1.00 bits per heavy atom. The number of carbonyl (C=O) groups is 1. The molecule has 27 heavy (non-hydrogen) atoms. The fourth-order valence-corrected chi connectivity index (χ4v) is 6.11. The third-order valence-electron chi connectivity index (χ3n) is 7.34. The molecule has 0 amide bonds. The Kier molecular flexibility index (Phi) is 4.99. The lowest BCUT2D eigenvalue weighted by atomic mass is 9.70. The zero-order chi connectivity index (χ0) is 20.5. The van der Waals surface area contributed by atoms with E-state index in [0.717, 1.165) is 0 Å². The van der Waals surface area contributed by atoms with E-state index in [-0.39, 0.29) is 23.7 Å². The Bertz CT molecular complexity index is 592. The summed E-state index contributed by atoms with van der Waals surface area (Å²) in [6.45, 7) is 3.86. The maximum Gasteiger partial charge on any atom is 0.426 e. The molecular weight excluding hydrogens is 402 g/mol. The van der Waals surface area contributed by atoms with Crippen LogP contribution >= 0.6 is 11.6 Å². The van der Waals surface area contributed by atoms with Gasteiger partial charge in [0.1, 0.15) is 12.0 Å². The molecule has 3 rings (SSSR count). The maximum atomic E-state index is 13.4. The average Bonchev–Trinajstić information content (AvgIpc) is 3.16. The predicted octanol–water partition coefficient (Wildman–Crippen LogP) is 4.17. The number of hydrogen-bond acceptors (Lipinski definition) is 3. The van der Waals surface area contributed by atoms with Crippen LogP contribution in [0, 0.1) is 41.4 Å². The highest BCUT2D eigenvalue weighted by Crippen LogP contribution is 2.67. The van der Waals surface area contributed by atoms with Gasteiger partial charge in [0, 0.05) is 11.8 Å². The predicted molar refractivity (Wildman–Crippen MR) is 82.7 cm³/mol. The van der Waals surface area contributed by atoms with E-state index in [1.165, 1.54) is 0 Å². The van der Waals surface area contributed by atoms with Crippen molar-refractivity contribution in [2.45, 2.75) is 50.7 Å². The van der Waals surface area contributed by atoms with Gasteiger partial charge in [-0.25, -0.2) is 0 Å². The molecule has 0 aromatic rings. The Hall–Kier alpha value is -0.700. The molecule has 10 heteroatoms. The molecule has 0 aromatic heterocycles. The third-order valence-corrected chi connectivity index (χ3v) is 7.56. The average molecular weight is 423 g/mol. The molecule has 2 bridgehead atoms. The van der Waals surface area contributed by atoms with Gasteiger partial charge in [-0.3, -0.25) is 4.79 Å². The van der Waals surface area contributed by atoms with Crippen molar-refractivity contribution in [3.05, 3.63) is 0 Å². The summed E-state index contributed by atoms with van der Waals surface area (Å²) in [6.07, 6.45) is -13.4. The molecular formula is C17H21ClF6O3. The molecule has 0 aromatic carbocycles. The fraction of sp³-hybridized carbons (Fsp3) is 0.941. The Labute approximate surface area is 157 Å². The van der Waals surface area contributed by atoms with Crippen LogP contribution in [0.2, 0.25) is 0 Å². The Morgan fingerprint density at radius 3 is 2.00 bits per heavy atom. The van der Waals surface area contributed by atoms with E-state index < -0.39 is 60.1 Å². The van der Waals surface area contributed by atoms with Crippen LogP contribution in [0.4, 0.5) is 26.3 Å². The molecule has 1 N–H and O–H groups in total. The van der Waals surface area contributed by atoms with Gasteiger partial charge in [0.05, 0.1) is 0 Å². The van der Waals surface area contributed by atoms with E-state index >= 15 is 0 Å². The Morgan fingerprint density at radius 2 is 1.52 bits per heavy atom. The minimum atomic E-state index is -5.95. The first-order chi connectivity index (χ1) is 12.3. The van der Waals surface area contributed by atoms with Crippen molar-refractivity contribution < 1.29 is 41.0 Å².